The van der Waals surface area contributed by atoms with Gasteiger partial charge < -0.3 is 10.0 Å². The average molecular weight is 219 g/mol. The number of fused-ring (bicyclic) bond motifs is 1. The average Bonchev–Trinajstić information content (AvgIpc) is 2.60. The fourth-order valence-corrected chi connectivity index (χ4v) is 2.56. The molecule has 0 spiro atoms. The van der Waals surface area contributed by atoms with Crippen LogP contribution in [0.2, 0.25) is 0 Å². The van der Waals surface area contributed by atoms with Crippen LogP contribution in [0.25, 0.3) is 0 Å². The van der Waals surface area contributed by atoms with Crippen molar-refractivity contribution in [3.05, 3.63) is 29.3 Å². The predicted octanol–water partition coefficient (Wildman–Crippen LogP) is 2.26. The van der Waals surface area contributed by atoms with Crippen LogP contribution in [0.4, 0.5) is 5.69 Å². The molecule has 1 aliphatic rings. The lowest BCUT2D eigenvalue weighted by atomic mass is 9.97. The van der Waals surface area contributed by atoms with Crippen LogP contribution in [0, 0.1) is 0 Å². The van der Waals surface area contributed by atoms with Gasteiger partial charge in [0, 0.05) is 19.8 Å². The van der Waals surface area contributed by atoms with Gasteiger partial charge >= 0.3 is 5.97 Å². The standard InChI is InChI=1S/C13H17NO2/c1-14(2)12-5-3-4-10-9(8-13(15)16)6-7-11(10)12/h3-5,9H,6-8H2,1-2H3,(H,15,16). The Morgan fingerprint density at radius 3 is 2.88 bits per heavy atom. The zero-order valence-corrected chi connectivity index (χ0v) is 9.73. The minimum absolute atomic E-state index is 0.201. The minimum Gasteiger partial charge on any atom is -0.481 e. The van der Waals surface area contributed by atoms with E-state index in [4.69, 9.17) is 5.11 Å². The van der Waals surface area contributed by atoms with Gasteiger partial charge in [-0.1, -0.05) is 12.1 Å². The highest BCUT2D eigenvalue weighted by Crippen LogP contribution is 2.39. The summed E-state index contributed by atoms with van der Waals surface area (Å²) in [4.78, 5) is 12.9. The number of hydrogen-bond donors (Lipinski definition) is 1. The molecule has 3 heteroatoms. The first-order chi connectivity index (χ1) is 7.59. The Bertz CT molecular complexity index is 412. The van der Waals surface area contributed by atoms with E-state index < -0.39 is 5.97 Å². The number of rotatable bonds is 3. The van der Waals surface area contributed by atoms with E-state index in [-0.39, 0.29) is 12.3 Å². The maximum Gasteiger partial charge on any atom is 0.303 e. The van der Waals surface area contributed by atoms with E-state index in [9.17, 15) is 4.79 Å². The van der Waals surface area contributed by atoms with E-state index in [0.29, 0.717) is 0 Å². The predicted molar refractivity (Wildman–Crippen MR) is 64.1 cm³/mol. The summed E-state index contributed by atoms with van der Waals surface area (Å²) in [5.41, 5.74) is 3.79. The van der Waals surface area contributed by atoms with Gasteiger partial charge in [0.15, 0.2) is 0 Å². The fourth-order valence-electron chi connectivity index (χ4n) is 2.56. The third kappa shape index (κ3) is 1.90. The molecule has 1 unspecified atom stereocenters. The molecule has 86 valence electrons. The molecule has 1 aliphatic carbocycles. The van der Waals surface area contributed by atoms with Crippen molar-refractivity contribution in [3.8, 4) is 0 Å². The second-order valence-corrected chi connectivity index (χ2v) is 4.57. The third-order valence-electron chi connectivity index (χ3n) is 3.27. The molecular weight excluding hydrogens is 202 g/mol. The Hall–Kier alpha value is -1.51. The van der Waals surface area contributed by atoms with Gasteiger partial charge in [-0.15, -0.1) is 0 Å². The molecule has 0 amide bonds. The molecule has 1 aromatic carbocycles. The largest absolute Gasteiger partial charge is 0.481 e. The van der Waals surface area contributed by atoms with Crippen molar-refractivity contribution in [2.45, 2.75) is 25.2 Å². The summed E-state index contributed by atoms with van der Waals surface area (Å²) in [7, 11) is 4.06. The van der Waals surface area contributed by atoms with E-state index in [1.165, 1.54) is 16.8 Å². The zero-order valence-electron chi connectivity index (χ0n) is 9.73. The normalized spacial score (nSPS) is 18.2. The number of nitrogens with zero attached hydrogens (tertiary/aromatic N) is 1. The second-order valence-electron chi connectivity index (χ2n) is 4.57. The van der Waals surface area contributed by atoms with Crippen LogP contribution in [0.3, 0.4) is 0 Å². The molecule has 3 nitrogen and oxygen atoms in total. The van der Waals surface area contributed by atoms with E-state index in [0.717, 1.165) is 12.8 Å². The van der Waals surface area contributed by atoms with Crippen LogP contribution < -0.4 is 4.90 Å². The summed E-state index contributed by atoms with van der Waals surface area (Å²) in [6, 6.07) is 6.19. The summed E-state index contributed by atoms with van der Waals surface area (Å²) in [6.07, 6.45) is 2.22. The molecule has 0 saturated heterocycles. The van der Waals surface area contributed by atoms with Crippen molar-refractivity contribution < 1.29 is 9.90 Å². The van der Waals surface area contributed by atoms with Gasteiger partial charge in [-0.2, -0.15) is 0 Å². The van der Waals surface area contributed by atoms with E-state index in [2.05, 4.69) is 17.0 Å². The van der Waals surface area contributed by atoms with Crippen molar-refractivity contribution in [2.75, 3.05) is 19.0 Å². The van der Waals surface area contributed by atoms with Crippen LogP contribution in [0.5, 0.6) is 0 Å². The van der Waals surface area contributed by atoms with Gasteiger partial charge in [0.05, 0.1) is 6.42 Å². The number of aliphatic carboxylic acids is 1. The first-order valence-corrected chi connectivity index (χ1v) is 5.60. The van der Waals surface area contributed by atoms with Gasteiger partial charge in [0.1, 0.15) is 0 Å². The van der Waals surface area contributed by atoms with E-state index in [1.807, 2.05) is 20.2 Å². The number of anilines is 1. The minimum atomic E-state index is -0.701. The number of carbonyl (C=O) groups is 1. The van der Waals surface area contributed by atoms with Crippen LogP contribution in [-0.2, 0) is 11.2 Å². The number of hydrogen-bond acceptors (Lipinski definition) is 2. The SMILES string of the molecule is CN(C)c1cccc2c1CCC2CC(=O)O. The molecule has 0 bridgehead atoms. The van der Waals surface area contributed by atoms with Crippen molar-refractivity contribution >= 4 is 11.7 Å². The smallest absolute Gasteiger partial charge is 0.303 e. The summed E-state index contributed by atoms with van der Waals surface area (Å²) in [5, 5.41) is 8.87. The molecular formula is C13H17NO2. The summed E-state index contributed by atoms with van der Waals surface area (Å²) in [6.45, 7) is 0. The summed E-state index contributed by atoms with van der Waals surface area (Å²) >= 11 is 0. The highest BCUT2D eigenvalue weighted by atomic mass is 16.4. The van der Waals surface area contributed by atoms with Crippen molar-refractivity contribution in [1.29, 1.82) is 0 Å². The molecule has 0 heterocycles. The Labute approximate surface area is 95.7 Å². The third-order valence-corrected chi connectivity index (χ3v) is 3.27. The second kappa shape index (κ2) is 4.16. The Kier molecular flexibility index (Phi) is 2.86. The molecule has 0 aliphatic heterocycles. The van der Waals surface area contributed by atoms with Crippen molar-refractivity contribution in [3.63, 3.8) is 0 Å². The highest BCUT2D eigenvalue weighted by molar-refractivity contribution is 5.69. The molecule has 1 atom stereocenters. The lowest BCUT2D eigenvalue weighted by Gasteiger charge is -2.17. The van der Waals surface area contributed by atoms with Gasteiger partial charge in [0.2, 0.25) is 0 Å². The molecule has 16 heavy (non-hydrogen) atoms. The van der Waals surface area contributed by atoms with Crippen LogP contribution in [0.1, 0.15) is 29.9 Å². The number of benzene rings is 1. The molecule has 0 saturated carbocycles. The summed E-state index contributed by atoms with van der Waals surface area (Å²) in [5.74, 6) is -0.500. The topological polar surface area (TPSA) is 40.5 Å². The van der Waals surface area contributed by atoms with Crippen LogP contribution in [0.15, 0.2) is 18.2 Å². The maximum absolute atomic E-state index is 10.8. The molecule has 0 radical (unpaired) electrons. The number of carboxylic acid groups (broad SMARTS) is 1. The lowest BCUT2D eigenvalue weighted by molar-refractivity contribution is -0.137. The first-order valence-electron chi connectivity index (χ1n) is 5.60. The molecule has 1 aromatic rings. The molecule has 2 rings (SSSR count). The Balaban J connectivity index is 2.34. The Morgan fingerprint density at radius 2 is 2.25 bits per heavy atom. The molecule has 0 aromatic heterocycles. The summed E-state index contributed by atoms with van der Waals surface area (Å²) < 4.78 is 0. The lowest BCUT2D eigenvalue weighted by Crippen LogP contribution is -2.11. The van der Waals surface area contributed by atoms with Crippen LogP contribution >= 0.6 is 0 Å². The van der Waals surface area contributed by atoms with E-state index in [1.54, 1.807) is 0 Å². The number of carboxylic acids is 1. The molecule has 0 fully saturated rings. The van der Waals surface area contributed by atoms with Gasteiger partial charge in [-0.3, -0.25) is 4.79 Å². The highest BCUT2D eigenvalue weighted by Gasteiger charge is 2.26. The van der Waals surface area contributed by atoms with Gasteiger partial charge in [0.25, 0.3) is 0 Å². The van der Waals surface area contributed by atoms with Gasteiger partial charge in [-0.05, 0) is 36.0 Å². The van der Waals surface area contributed by atoms with Crippen molar-refractivity contribution in [2.24, 2.45) is 0 Å². The van der Waals surface area contributed by atoms with Gasteiger partial charge in [-0.25, -0.2) is 0 Å². The Morgan fingerprint density at radius 1 is 1.50 bits per heavy atom. The monoisotopic (exact) mass is 219 g/mol. The maximum atomic E-state index is 10.8. The molecule has 1 N–H and O–H groups in total. The van der Waals surface area contributed by atoms with Crippen molar-refractivity contribution in [1.82, 2.24) is 0 Å². The zero-order chi connectivity index (χ0) is 11.7. The first kappa shape index (κ1) is 11.0. The fraction of sp³-hybridized carbons (Fsp3) is 0.462. The van der Waals surface area contributed by atoms with E-state index >= 15 is 0 Å². The quantitative estimate of drug-likeness (QED) is 0.847. The van der Waals surface area contributed by atoms with Crippen LogP contribution in [-0.4, -0.2) is 25.2 Å².